The van der Waals surface area contributed by atoms with E-state index in [2.05, 4.69) is 20.8 Å². The van der Waals surface area contributed by atoms with Crippen molar-refractivity contribution >= 4 is 0 Å². The minimum Gasteiger partial charge on any atom is -0.390 e. The van der Waals surface area contributed by atoms with Crippen LogP contribution in [0.4, 0.5) is 0 Å². The third kappa shape index (κ3) is 13.1. The summed E-state index contributed by atoms with van der Waals surface area (Å²) in [4.78, 5) is 0. The van der Waals surface area contributed by atoms with Crippen molar-refractivity contribution in [3.8, 4) is 0 Å². The van der Waals surface area contributed by atoms with Gasteiger partial charge in [0.25, 0.3) is 0 Å². The zero-order valence-electron chi connectivity index (χ0n) is 18.5. The molecule has 0 aliphatic heterocycles. The third-order valence-corrected chi connectivity index (χ3v) is 6.05. The summed E-state index contributed by atoms with van der Waals surface area (Å²) in [6, 6.07) is 0. The Bertz CT molecular complexity index is 265. The number of nitrogens with two attached hydrogens (primary N) is 1. The summed E-state index contributed by atoms with van der Waals surface area (Å²) in [5, 5.41) is 10.5. The van der Waals surface area contributed by atoms with Crippen LogP contribution >= 0.6 is 0 Å². The molecule has 2 heteroatoms. The molecule has 0 aromatic rings. The van der Waals surface area contributed by atoms with Gasteiger partial charge >= 0.3 is 0 Å². The van der Waals surface area contributed by atoms with E-state index in [0.717, 1.165) is 25.8 Å². The van der Waals surface area contributed by atoms with Crippen LogP contribution in [0, 0.1) is 5.92 Å². The highest BCUT2D eigenvalue weighted by molar-refractivity contribution is 4.89. The summed E-state index contributed by atoms with van der Waals surface area (Å²) in [7, 11) is 0. The quantitative estimate of drug-likeness (QED) is 0.314. The summed E-state index contributed by atoms with van der Waals surface area (Å²) in [6.07, 6.45) is 23.4. The molecule has 0 radical (unpaired) electrons. The summed E-state index contributed by atoms with van der Waals surface area (Å²) >= 11 is 0. The van der Waals surface area contributed by atoms with Gasteiger partial charge in [0.05, 0.1) is 5.60 Å². The first-order valence-electron chi connectivity index (χ1n) is 12.1. The zero-order valence-corrected chi connectivity index (χ0v) is 18.5. The molecule has 1 rings (SSSR count). The van der Waals surface area contributed by atoms with Crippen molar-refractivity contribution in [2.45, 2.75) is 142 Å². The molecule has 1 fully saturated rings. The van der Waals surface area contributed by atoms with Gasteiger partial charge in [-0.25, -0.2) is 0 Å². The Morgan fingerprint density at radius 1 is 0.769 bits per heavy atom. The molecule has 0 heterocycles. The molecule has 1 aliphatic rings. The SMILES string of the molecule is CCCC1CCCCC1(O)CCC.CCCCCCCCCCCCN. The first-order valence-corrected chi connectivity index (χ1v) is 12.1. The van der Waals surface area contributed by atoms with Crippen molar-refractivity contribution in [1.29, 1.82) is 0 Å². The molecular weight excluding hydrogens is 318 g/mol. The molecule has 0 amide bonds. The van der Waals surface area contributed by atoms with Gasteiger partial charge in [-0.1, -0.05) is 104 Å². The van der Waals surface area contributed by atoms with Crippen molar-refractivity contribution in [3.05, 3.63) is 0 Å². The third-order valence-electron chi connectivity index (χ3n) is 6.05. The van der Waals surface area contributed by atoms with E-state index in [9.17, 15) is 5.11 Å². The molecule has 0 aromatic carbocycles. The molecule has 2 atom stereocenters. The van der Waals surface area contributed by atoms with Crippen molar-refractivity contribution < 1.29 is 5.11 Å². The van der Waals surface area contributed by atoms with Crippen LogP contribution < -0.4 is 5.73 Å². The standard InChI is InChI=1S/C12H27N.C12H24O/c1-2-3-4-5-6-7-8-9-10-11-12-13;1-3-7-11-8-5-6-10-12(11,13)9-4-2/h2-13H2,1H3;11,13H,3-10H2,1-2H3. The lowest BCUT2D eigenvalue weighted by Crippen LogP contribution is -2.40. The van der Waals surface area contributed by atoms with Gasteiger partial charge in [0, 0.05) is 0 Å². The number of rotatable bonds is 14. The Morgan fingerprint density at radius 3 is 1.85 bits per heavy atom. The lowest BCUT2D eigenvalue weighted by Gasteiger charge is -2.40. The number of hydrogen-bond acceptors (Lipinski definition) is 2. The molecule has 0 saturated heterocycles. The minimum atomic E-state index is -0.303. The molecule has 2 nitrogen and oxygen atoms in total. The average Bonchev–Trinajstić information content (AvgIpc) is 2.63. The van der Waals surface area contributed by atoms with Crippen molar-refractivity contribution in [2.75, 3.05) is 6.54 Å². The van der Waals surface area contributed by atoms with E-state index in [4.69, 9.17) is 5.73 Å². The normalized spacial score (nSPS) is 22.7. The van der Waals surface area contributed by atoms with Gasteiger partial charge in [-0.05, 0) is 44.6 Å². The van der Waals surface area contributed by atoms with Crippen LogP contribution in [0.2, 0.25) is 0 Å². The van der Waals surface area contributed by atoms with Crippen molar-refractivity contribution in [3.63, 3.8) is 0 Å². The fourth-order valence-corrected chi connectivity index (χ4v) is 4.45. The Labute approximate surface area is 165 Å². The fourth-order valence-electron chi connectivity index (χ4n) is 4.45. The van der Waals surface area contributed by atoms with Crippen LogP contribution in [0.1, 0.15) is 136 Å². The molecule has 2 unspecified atom stereocenters. The molecule has 0 bridgehead atoms. The van der Waals surface area contributed by atoms with Gasteiger partial charge in [0.2, 0.25) is 0 Å². The molecule has 1 aliphatic carbocycles. The second-order valence-corrected chi connectivity index (χ2v) is 8.56. The largest absolute Gasteiger partial charge is 0.390 e. The molecule has 158 valence electrons. The number of unbranched alkanes of at least 4 members (excludes halogenated alkanes) is 9. The van der Waals surface area contributed by atoms with Crippen LogP contribution in [-0.2, 0) is 0 Å². The molecule has 0 aromatic heterocycles. The molecular formula is C24H51NO. The Kier molecular flexibility index (Phi) is 18.2. The van der Waals surface area contributed by atoms with E-state index in [-0.39, 0.29) is 5.60 Å². The highest BCUT2D eigenvalue weighted by Crippen LogP contribution is 2.39. The van der Waals surface area contributed by atoms with E-state index >= 15 is 0 Å². The number of hydrogen-bond donors (Lipinski definition) is 2. The van der Waals surface area contributed by atoms with Gasteiger partial charge in [0.15, 0.2) is 0 Å². The monoisotopic (exact) mass is 369 g/mol. The predicted octanol–water partition coefficient (Wildman–Crippen LogP) is 7.37. The van der Waals surface area contributed by atoms with Crippen LogP contribution in [-0.4, -0.2) is 17.3 Å². The Morgan fingerprint density at radius 2 is 1.35 bits per heavy atom. The van der Waals surface area contributed by atoms with E-state index < -0.39 is 0 Å². The first-order chi connectivity index (χ1) is 12.6. The fraction of sp³-hybridized carbons (Fsp3) is 1.00. The number of aliphatic hydroxyl groups is 1. The maximum absolute atomic E-state index is 10.5. The molecule has 1 saturated carbocycles. The minimum absolute atomic E-state index is 0.303. The summed E-state index contributed by atoms with van der Waals surface area (Å²) in [5.41, 5.74) is 5.12. The Balaban J connectivity index is 0.000000481. The Hall–Kier alpha value is -0.0800. The summed E-state index contributed by atoms with van der Waals surface area (Å²) in [5.74, 6) is 0.589. The topological polar surface area (TPSA) is 46.2 Å². The van der Waals surface area contributed by atoms with Crippen molar-refractivity contribution in [2.24, 2.45) is 11.7 Å². The molecule has 0 spiro atoms. The highest BCUT2D eigenvalue weighted by atomic mass is 16.3. The van der Waals surface area contributed by atoms with Gasteiger partial charge in [0.1, 0.15) is 0 Å². The maximum atomic E-state index is 10.5. The second-order valence-electron chi connectivity index (χ2n) is 8.56. The highest BCUT2D eigenvalue weighted by Gasteiger charge is 2.36. The second kappa shape index (κ2) is 18.3. The lowest BCUT2D eigenvalue weighted by atomic mass is 9.71. The maximum Gasteiger partial charge on any atom is 0.0675 e. The van der Waals surface area contributed by atoms with E-state index in [0.29, 0.717) is 5.92 Å². The molecule has 3 N–H and O–H groups in total. The van der Waals surface area contributed by atoms with Gasteiger partial charge in [-0.2, -0.15) is 0 Å². The first kappa shape index (κ1) is 25.9. The summed E-state index contributed by atoms with van der Waals surface area (Å²) in [6.45, 7) is 7.54. The van der Waals surface area contributed by atoms with Crippen LogP contribution in [0.3, 0.4) is 0 Å². The van der Waals surface area contributed by atoms with Gasteiger partial charge < -0.3 is 10.8 Å². The van der Waals surface area contributed by atoms with Crippen LogP contribution in [0.25, 0.3) is 0 Å². The van der Waals surface area contributed by atoms with Gasteiger partial charge in [-0.15, -0.1) is 0 Å². The van der Waals surface area contributed by atoms with E-state index in [1.54, 1.807) is 0 Å². The van der Waals surface area contributed by atoms with E-state index in [1.165, 1.54) is 96.3 Å². The predicted molar refractivity (Wildman–Crippen MR) is 118 cm³/mol. The van der Waals surface area contributed by atoms with Gasteiger partial charge in [-0.3, -0.25) is 0 Å². The molecule has 26 heavy (non-hydrogen) atoms. The summed E-state index contributed by atoms with van der Waals surface area (Å²) < 4.78 is 0. The van der Waals surface area contributed by atoms with E-state index in [1.807, 2.05) is 0 Å². The zero-order chi connectivity index (χ0) is 19.5. The smallest absolute Gasteiger partial charge is 0.0675 e. The van der Waals surface area contributed by atoms with Crippen molar-refractivity contribution in [1.82, 2.24) is 0 Å². The van der Waals surface area contributed by atoms with Crippen LogP contribution in [0.5, 0.6) is 0 Å². The lowest BCUT2D eigenvalue weighted by molar-refractivity contribution is -0.0585. The average molecular weight is 370 g/mol. The van der Waals surface area contributed by atoms with Crippen LogP contribution in [0.15, 0.2) is 0 Å².